The van der Waals surface area contributed by atoms with Gasteiger partial charge in [-0.3, -0.25) is 4.68 Å². The van der Waals surface area contributed by atoms with E-state index in [1.54, 1.807) is 0 Å². The maximum Gasteiger partial charge on any atom is 0.0808 e. The Bertz CT molecular complexity index is 380. The molecule has 0 atom stereocenters. The van der Waals surface area contributed by atoms with Crippen molar-refractivity contribution in [1.82, 2.24) is 9.78 Å². The molecule has 0 aliphatic heterocycles. The van der Waals surface area contributed by atoms with Crippen molar-refractivity contribution in [1.29, 1.82) is 0 Å². The SMILES string of the molecule is CCCC1CCC(CN)(OCc2cnn(C)c2)CC1. The van der Waals surface area contributed by atoms with E-state index < -0.39 is 0 Å². The van der Waals surface area contributed by atoms with Gasteiger partial charge in [-0.15, -0.1) is 0 Å². The Morgan fingerprint density at radius 3 is 2.74 bits per heavy atom. The van der Waals surface area contributed by atoms with E-state index in [2.05, 4.69) is 12.0 Å². The zero-order valence-electron chi connectivity index (χ0n) is 12.3. The normalized spacial score (nSPS) is 27.6. The Labute approximate surface area is 116 Å². The number of nitrogens with two attached hydrogens (primary N) is 1. The first-order valence-corrected chi connectivity index (χ1v) is 7.49. The smallest absolute Gasteiger partial charge is 0.0808 e. The Morgan fingerprint density at radius 2 is 2.21 bits per heavy atom. The van der Waals surface area contributed by atoms with Gasteiger partial charge in [0.05, 0.1) is 18.4 Å². The van der Waals surface area contributed by atoms with Crippen LogP contribution in [-0.4, -0.2) is 21.9 Å². The van der Waals surface area contributed by atoms with Crippen molar-refractivity contribution in [3.8, 4) is 0 Å². The van der Waals surface area contributed by atoms with Crippen LogP contribution in [-0.2, 0) is 18.4 Å². The van der Waals surface area contributed by atoms with Crippen LogP contribution in [0.5, 0.6) is 0 Å². The molecule has 0 bridgehead atoms. The first-order valence-electron chi connectivity index (χ1n) is 7.49. The lowest BCUT2D eigenvalue weighted by atomic mass is 9.77. The number of hydrogen-bond donors (Lipinski definition) is 1. The maximum absolute atomic E-state index is 6.17. The van der Waals surface area contributed by atoms with Crippen LogP contribution in [0.4, 0.5) is 0 Å². The third-order valence-electron chi connectivity index (χ3n) is 4.39. The fourth-order valence-corrected chi connectivity index (χ4v) is 3.09. The average molecular weight is 265 g/mol. The highest BCUT2D eigenvalue weighted by molar-refractivity contribution is 5.02. The van der Waals surface area contributed by atoms with Crippen LogP contribution in [0.1, 0.15) is 51.0 Å². The van der Waals surface area contributed by atoms with Gasteiger partial charge in [0.15, 0.2) is 0 Å². The molecule has 0 radical (unpaired) electrons. The third kappa shape index (κ3) is 3.80. The van der Waals surface area contributed by atoms with E-state index in [0.717, 1.165) is 24.3 Å². The Balaban J connectivity index is 1.86. The molecule has 0 saturated heterocycles. The standard InChI is InChI=1S/C15H27N3O/c1-3-4-13-5-7-15(12-16,8-6-13)19-11-14-9-17-18(2)10-14/h9-10,13H,3-8,11-12,16H2,1-2H3. The van der Waals surface area contributed by atoms with E-state index in [0.29, 0.717) is 13.2 Å². The predicted molar refractivity (Wildman–Crippen MR) is 76.6 cm³/mol. The third-order valence-corrected chi connectivity index (χ3v) is 4.39. The fraction of sp³-hybridized carbons (Fsp3) is 0.800. The maximum atomic E-state index is 6.17. The molecule has 4 heteroatoms. The molecule has 2 N–H and O–H groups in total. The average Bonchev–Trinajstić information content (AvgIpc) is 2.85. The van der Waals surface area contributed by atoms with E-state index in [4.69, 9.17) is 10.5 Å². The van der Waals surface area contributed by atoms with Gasteiger partial charge in [0, 0.05) is 25.4 Å². The summed E-state index contributed by atoms with van der Waals surface area (Å²) in [5.41, 5.74) is 7.01. The van der Waals surface area contributed by atoms with Gasteiger partial charge in [0.2, 0.25) is 0 Å². The molecule has 1 aliphatic rings. The molecule has 1 fully saturated rings. The minimum atomic E-state index is -0.0971. The fourth-order valence-electron chi connectivity index (χ4n) is 3.09. The lowest BCUT2D eigenvalue weighted by Crippen LogP contribution is -2.43. The number of aryl methyl sites for hydroxylation is 1. The summed E-state index contributed by atoms with van der Waals surface area (Å²) in [5, 5.41) is 4.17. The van der Waals surface area contributed by atoms with Crippen LogP contribution in [0.3, 0.4) is 0 Å². The lowest BCUT2D eigenvalue weighted by Gasteiger charge is -2.39. The van der Waals surface area contributed by atoms with Crippen LogP contribution in [0.15, 0.2) is 12.4 Å². The van der Waals surface area contributed by atoms with E-state index in [-0.39, 0.29) is 5.60 Å². The Kier molecular flexibility index (Phi) is 4.99. The molecule has 1 aliphatic carbocycles. The highest BCUT2D eigenvalue weighted by Crippen LogP contribution is 2.36. The molecule has 0 spiro atoms. The summed E-state index contributed by atoms with van der Waals surface area (Å²) in [4.78, 5) is 0. The Morgan fingerprint density at radius 1 is 1.47 bits per heavy atom. The molecule has 0 aromatic carbocycles. The van der Waals surface area contributed by atoms with Crippen molar-refractivity contribution in [2.45, 2.75) is 57.7 Å². The summed E-state index contributed by atoms with van der Waals surface area (Å²) in [6, 6.07) is 0. The van der Waals surface area contributed by atoms with Crippen LogP contribution < -0.4 is 5.73 Å². The van der Waals surface area contributed by atoms with Gasteiger partial charge < -0.3 is 10.5 Å². The van der Waals surface area contributed by atoms with Gasteiger partial charge in [-0.05, 0) is 31.6 Å². The van der Waals surface area contributed by atoms with Gasteiger partial charge in [-0.1, -0.05) is 19.8 Å². The topological polar surface area (TPSA) is 53.1 Å². The van der Waals surface area contributed by atoms with Crippen molar-refractivity contribution in [2.75, 3.05) is 6.54 Å². The molecule has 1 saturated carbocycles. The zero-order chi connectivity index (χ0) is 13.7. The summed E-state index contributed by atoms with van der Waals surface area (Å²) in [6.07, 6.45) is 11.2. The second-order valence-corrected chi connectivity index (χ2v) is 5.93. The number of aromatic nitrogens is 2. The van der Waals surface area contributed by atoms with Crippen LogP contribution >= 0.6 is 0 Å². The summed E-state index contributed by atoms with van der Waals surface area (Å²) < 4.78 is 7.98. The molecule has 108 valence electrons. The highest BCUT2D eigenvalue weighted by atomic mass is 16.5. The highest BCUT2D eigenvalue weighted by Gasteiger charge is 2.34. The quantitative estimate of drug-likeness (QED) is 0.860. The van der Waals surface area contributed by atoms with Gasteiger partial charge in [0.1, 0.15) is 0 Å². The minimum Gasteiger partial charge on any atom is -0.369 e. The van der Waals surface area contributed by atoms with E-state index in [1.807, 2.05) is 24.1 Å². The summed E-state index contributed by atoms with van der Waals surface area (Å²) in [7, 11) is 1.93. The molecule has 1 aromatic heterocycles. The first-order chi connectivity index (χ1) is 9.17. The molecule has 1 heterocycles. The van der Waals surface area contributed by atoms with Crippen LogP contribution in [0.2, 0.25) is 0 Å². The first kappa shape index (κ1) is 14.5. The van der Waals surface area contributed by atoms with Crippen molar-refractivity contribution >= 4 is 0 Å². The summed E-state index contributed by atoms with van der Waals surface area (Å²) in [5.74, 6) is 0.881. The molecular formula is C15H27N3O. The van der Waals surface area contributed by atoms with Crippen LogP contribution in [0.25, 0.3) is 0 Å². The van der Waals surface area contributed by atoms with Crippen molar-refractivity contribution < 1.29 is 4.74 Å². The molecule has 0 amide bonds. The monoisotopic (exact) mass is 265 g/mol. The van der Waals surface area contributed by atoms with E-state index >= 15 is 0 Å². The van der Waals surface area contributed by atoms with Gasteiger partial charge in [-0.2, -0.15) is 5.10 Å². The van der Waals surface area contributed by atoms with Crippen molar-refractivity contribution in [3.05, 3.63) is 18.0 Å². The van der Waals surface area contributed by atoms with Crippen molar-refractivity contribution in [2.24, 2.45) is 18.7 Å². The van der Waals surface area contributed by atoms with Gasteiger partial charge >= 0.3 is 0 Å². The van der Waals surface area contributed by atoms with Gasteiger partial charge in [0.25, 0.3) is 0 Å². The van der Waals surface area contributed by atoms with E-state index in [1.165, 1.54) is 25.7 Å². The van der Waals surface area contributed by atoms with Crippen molar-refractivity contribution in [3.63, 3.8) is 0 Å². The number of rotatable bonds is 6. The number of ether oxygens (including phenoxy) is 1. The van der Waals surface area contributed by atoms with Gasteiger partial charge in [-0.25, -0.2) is 0 Å². The number of nitrogens with zero attached hydrogens (tertiary/aromatic N) is 2. The summed E-state index contributed by atoms with van der Waals surface area (Å²) >= 11 is 0. The molecule has 19 heavy (non-hydrogen) atoms. The van der Waals surface area contributed by atoms with E-state index in [9.17, 15) is 0 Å². The van der Waals surface area contributed by atoms with Crippen LogP contribution in [0, 0.1) is 5.92 Å². The second kappa shape index (κ2) is 6.53. The molecule has 4 nitrogen and oxygen atoms in total. The molecule has 2 rings (SSSR count). The zero-order valence-corrected chi connectivity index (χ0v) is 12.3. The molecule has 1 aromatic rings. The molecule has 0 unspecified atom stereocenters. The lowest BCUT2D eigenvalue weighted by molar-refractivity contribution is -0.0816. The summed E-state index contributed by atoms with van der Waals surface area (Å²) in [6.45, 7) is 3.53. The second-order valence-electron chi connectivity index (χ2n) is 5.93. The Hall–Kier alpha value is -0.870. The predicted octanol–water partition coefficient (Wildman–Crippen LogP) is 2.62. The largest absolute Gasteiger partial charge is 0.369 e. The molecular weight excluding hydrogens is 238 g/mol. The number of hydrogen-bond acceptors (Lipinski definition) is 3. The minimum absolute atomic E-state index is 0.0971.